The van der Waals surface area contributed by atoms with Crippen LogP contribution in [0, 0.1) is 11.2 Å². The summed E-state index contributed by atoms with van der Waals surface area (Å²) in [6.07, 6.45) is -5.12. The Morgan fingerprint density at radius 3 is 2.33 bits per heavy atom. The van der Waals surface area contributed by atoms with Crippen LogP contribution in [-0.2, 0) is 21.9 Å². The molecule has 1 aromatic carbocycles. The zero-order valence-electron chi connectivity index (χ0n) is 21.5. The van der Waals surface area contributed by atoms with E-state index >= 15 is 0 Å². The van der Waals surface area contributed by atoms with Crippen molar-refractivity contribution in [1.29, 1.82) is 0 Å². The Morgan fingerprint density at radius 2 is 1.77 bits per heavy atom. The molecule has 0 aliphatic rings. The summed E-state index contributed by atoms with van der Waals surface area (Å²) >= 11 is 5.71. The van der Waals surface area contributed by atoms with Gasteiger partial charge in [-0.15, -0.1) is 0 Å². The van der Waals surface area contributed by atoms with Gasteiger partial charge in [-0.05, 0) is 30.5 Å². The molecule has 7 nitrogen and oxygen atoms in total. The van der Waals surface area contributed by atoms with Gasteiger partial charge in [0.2, 0.25) is 5.76 Å². The van der Waals surface area contributed by atoms with Crippen molar-refractivity contribution in [2.45, 2.75) is 64.7 Å². The van der Waals surface area contributed by atoms with Crippen molar-refractivity contribution in [1.82, 2.24) is 10.3 Å². The molecule has 0 bridgehead atoms. The van der Waals surface area contributed by atoms with E-state index in [1.54, 1.807) is 0 Å². The number of Topliss-reactive ketones (excluding diaryl/α,β-unsaturated/α-hetero) is 1. The predicted molar refractivity (Wildman–Crippen MR) is 122 cm³/mol. The van der Waals surface area contributed by atoms with Crippen molar-refractivity contribution in [2.75, 3.05) is 0 Å². The van der Waals surface area contributed by atoms with E-state index in [1.165, 1.54) is 32.9 Å². The number of hydrogen-bond acceptors (Lipinski definition) is 7. The van der Waals surface area contributed by atoms with Crippen LogP contribution in [0.15, 0.2) is 33.3 Å². The Bertz CT molecular complexity index is 1320. The van der Waals surface area contributed by atoms with Gasteiger partial charge in [-0.2, -0.15) is 8.78 Å². The number of benzene rings is 1. The third kappa shape index (κ3) is 7.68. The Kier molecular flexibility index (Phi) is 10.9. The zero-order valence-corrected chi connectivity index (χ0v) is 24.3. The number of aliphatic carboxylic acids is 1. The second-order valence-corrected chi connectivity index (χ2v) is 10.2. The number of rotatable bonds is 11. The maximum Gasteiger partial charge on any atom is 1.00 e. The molecule has 0 aliphatic carbocycles. The Labute approximate surface area is 247 Å². The summed E-state index contributed by atoms with van der Waals surface area (Å²) in [6.45, 7) is 3.75. The molecule has 0 N–H and O–H groups in total. The normalized spacial score (nSPS) is 12.9. The Balaban J connectivity index is 0.00000533. The molecule has 0 unspecified atom stereocenters. The number of carboxylic acid groups (broad SMARTS) is 1. The summed E-state index contributed by atoms with van der Waals surface area (Å²) in [7, 11) is 0. The molecule has 39 heavy (non-hydrogen) atoms. The fourth-order valence-corrected chi connectivity index (χ4v) is 3.91. The molecule has 0 aliphatic heterocycles. The first-order chi connectivity index (χ1) is 17.6. The Hall–Kier alpha value is -2.28. The number of halogens is 6. The van der Waals surface area contributed by atoms with Crippen molar-refractivity contribution in [2.24, 2.45) is 5.41 Å². The monoisotopic (exact) mass is 584 g/mol. The summed E-state index contributed by atoms with van der Waals surface area (Å²) in [4.78, 5) is 23.8. The molecule has 2 heterocycles. The van der Waals surface area contributed by atoms with Crippen molar-refractivity contribution in [3.8, 4) is 11.5 Å². The molecule has 206 valence electrons. The van der Waals surface area contributed by atoms with Crippen LogP contribution >= 0.6 is 11.6 Å². The summed E-state index contributed by atoms with van der Waals surface area (Å²) in [6, 6.07) is 4.42. The van der Waals surface area contributed by atoms with Crippen LogP contribution in [0.2, 0.25) is 5.02 Å². The molecule has 14 heteroatoms. The molecule has 2 aromatic heterocycles. The Morgan fingerprint density at radius 1 is 1.10 bits per heavy atom. The van der Waals surface area contributed by atoms with Gasteiger partial charge in [0.1, 0.15) is 11.6 Å². The SMILES string of the molecule is CC(C)(C)C(F)(F)c1cc(-c2onc([C@@H](CCC(=O)[O-])CC(=O)Cc3ccc(Cl)cc3F)c2C(F)F)no1.[Na+]. The second-order valence-electron chi connectivity index (χ2n) is 9.78. The summed E-state index contributed by atoms with van der Waals surface area (Å²) in [5, 5.41) is 18.2. The number of nitrogens with zero attached hydrogens (tertiary/aromatic N) is 2. The van der Waals surface area contributed by atoms with Crippen LogP contribution in [0.5, 0.6) is 0 Å². The minimum absolute atomic E-state index is 0. The molecular weight excluding hydrogens is 562 g/mol. The average molecular weight is 585 g/mol. The number of ketones is 1. The summed E-state index contributed by atoms with van der Waals surface area (Å²) < 4.78 is 81.6. The van der Waals surface area contributed by atoms with Crippen LogP contribution < -0.4 is 34.7 Å². The van der Waals surface area contributed by atoms with Crippen LogP contribution in [0.3, 0.4) is 0 Å². The number of carboxylic acids is 1. The van der Waals surface area contributed by atoms with E-state index in [0.717, 1.165) is 12.1 Å². The fraction of sp³-hybridized carbons (Fsp3) is 0.440. The molecule has 3 rings (SSSR count). The number of alkyl halides is 4. The van der Waals surface area contributed by atoms with Gasteiger partial charge in [-0.25, -0.2) is 13.2 Å². The van der Waals surface area contributed by atoms with Crippen LogP contribution in [-0.4, -0.2) is 22.1 Å². The maximum atomic E-state index is 14.7. The molecular formula is C25H23ClF5N2NaO5. The standard InChI is InChI=1S/C25H24ClF5N2O5.Na/c1-24(2,3)25(30,31)18-11-17(32-37-18)22-20(23(28)29)21(33-38-22)13(5-7-19(35)36)9-15(34)8-12-4-6-14(26)10-16(12)27;/h4,6,10-11,13,23H,5,7-9H2,1-3H3,(H,35,36);/q;+1/p-1/t13-;/m0./s1. The molecule has 3 aromatic rings. The molecule has 0 spiro atoms. The summed E-state index contributed by atoms with van der Waals surface area (Å²) in [5.74, 6) is -9.10. The first-order valence-electron chi connectivity index (χ1n) is 11.4. The van der Waals surface area contributed by atoms with Gasteiger partial charge in [0.15, 0.2) is 11.5 Å². The largest absolute Gasteiger partial charge is 1.00 e. The van der Waals surface area contributed by atoms with E-state index in [2.05, 4.69) is 10.3 Å². The van der Waals surface area contributed by atoms with Crippen LogP contribution in [0.25, 0.3) is 11.5 Å². The molecule has 0 saturated heterocycles. The first-order valence-corrected chi connectivity index (χ1v) is 11.8. The smallest absolute Gasteiger partial charge is 0.550 e. The van der Waals surface area contributed by atoms with E-state index in [0.29, 0.717) is 0 Å². The average Bonchev–Trinajstić information content (AvgIpc) is 3.45. The third-order valence-corrected chi connectivity index (χ3v) is 6.16. The fourth-order valence-electron chi connectivity index (χ4n) is 3.75. The predicted octanol–water partition coefficient (Wildman–Crippen LogP) is 3.02. The van der Waals surface area contributed by atoms with Gasteiger partial charge in [-0.3, -0.25) is 4.79 Å². The third-order valence-electron chi connectivity index (χ3n) is 5.93. The quantitative estimate of drug-likeness (QED) is 0.252. The van der Waals surface area contributed by atoms with E-state index in [4.69, 9.17) is 20.6 Å². The molecule has 0 radical (unpaired) electrons. The van der Waals surface area contributed by atoms with Crippen molar-refractivity contribution >= 4 is 23.4 Å². The number of carbonyl (C=O) groups is 2. The van der Waals surface area contributed by atoms with E-state index in [1.807, 2.05) is 0 Å². The second kappa shape index (κ2) is 12.9. The van der Waals surface area contributed by atoms with Gasteiger partial charge in [0.25, 0.3) is 6.43 Å². The van der Waals surface area contributed by atoms with Gasteiger partial charge in [0.05, 0.1) is 11.3 Å². The van der Waals surface area contributed by atoms with Crippen molar-refractivity contribution in [3.63, 3.8) is 0 Å². The van der Waals surface area contributed by atoms with Crippen molar-refractivity contribution < 1.29 is 75.3 Å². The van der Waals surface area contributed by atoms with E-state index < -0.39 is 89.0 Å². The number of hydrogen-bond donors (Lipinski definition) is 0. The van der Waals surface area contributed by atoms with Gasteiger partial charge in [-0.1, -0.05) is 48.8 Å². The van der Waals surface area contributed by atoms with E-state index in [9.17, 15) is 36.6 Å². The molecule has 1 atom stereocenters. The zero-order chi connectivity index (χ0) is 28.4. The summed E-state index contributed by atoms with van der Waals surface area (Å²) in [5.41, 5.74) is -3.36. The van der Waals surface area contributed by atoms with Gasteiger partial charge >= 0.3 is 35.5 Å². The number of carbonyl (C=O) groups excluding carboxylic acids is 2. The van der Waals surface area contributed by atoms with E-state index in [-0.39, 0.29) is 46.6 Å². The van der Waals surface area contributed by atoms with Crippen molar-refractivity contribution in [3.05, 3.63) is 57.7 Å². The first kappa shape index (κ1) is 32.9. The number of aromatic nitrogens is 2. The van der Waals surface area contributed by atoms with Gasteiger partial charge in [0, 0.05) is 41.2 Å². The van der Waals surface area contributed by atoms with Crippen LogP contribution in [0.4, 0.5) is 22.0 Å². The topological polar surface area (TPSA) is 109 Å². The molecule has 0 fully saturated rings. The van der Waals surface area contributed by atoms with Gasteiger partial charge < -0.3 is 18.9 Å². The van der Waals surface area contributed by atoms with Crippen LogP contribution in [0.1, 0.15) is 75.0 Å². The minimum Gasteiger partial charge on any atom is -0.550 e. The molecule has 0 amide bonds. The minimum atomic E-state index is -3.51. The molecule has 0 saturated carbocycles. The maximum absolute atomic E-state index is 14.7.